The van der Waals surface area contributed by atoms with E-state index < -0.39 is 6.51 Å². The Hall–Kier alpha value is 0.449. The molecule has 10 fully saturated rings. The van der Waals surface area contributed by atoms with Gasteiger partial charge in [-0.1, -0.05) is 0 Å². The zero-order valence-corrected chi connectivity index (χ0v) is 7.64. The summed E-state index contributed by atoms with van der Waals surface area (Å²) in [5.41, 5.74) is 0. The number of fused-ring (bicyclic) bond motifs is 10. The topological polar surface area (TPSA) is 0 Å². The predicted molar refractivity (Wildman–Crippen MR) is 40.0 cm³/mol. The molecule has 10 saturated heterocycles. The third-order valence-corrected chi connectivity index (χ3v) is 56.5. The molecule has 0 radical (unpaired) electrons. The molecule has 0 atom stereocenters. The Kier molecular flexibility index (Phi) is 0.0714. The van der Waals surface area contributed by atoms with E-state index in [0.717, 1.165) is 0 Å². The summed E-state index contributed by atoms with van der Waals surface area (Å²) in [6.45, 7) is -2.28. The van der Waals surface area contributed by atoms with Crippen molar-refractivity contribution in [1.29, 1.82) is 0 Å². The summed E-state index contributed by atoms with van der Waals surface area (Å²) in [5, 5.41) is 0. The summed E-state index contributed by atoms with van der Waals surface area (Å²) < 4.78 is 0. The molecular formula is C10H11FFe. The van der Waals surface area contributed by atoms with Gasteiger partial charge in [-0.2, -0.15) is 0 Å². The number of halogens is 1. The van der Waals surface area contributed by atoms with Crippen LogP contribution in [0, 0.1) is 0 Å². The molecule has 10 rings (SSSR count). The Bertz CT molecular complexity index is 577. The summed E-state index contributed by atoms with van der Waals surface area (Å²) >= 11 is 0. The zero-order chi connectivity index (χ0) is 6.09. The minimum absolute atomic E-state index is 0. The number of rotatable bonds is 0. The van der Waals surface area contributed by atoms with Crippen LogP contribution in [0.4, 0.5) is 4.70 Å². The molecule has 0 aromatic heterocycles. The minimum atomic E-state index is -2.28. The van der Waals surface area contributed by atoms with Crippen LogP contribution in [0.15, 0.2) is 0 Å². The molecular weight excluding hydrogens is 195 g/mol. The molecule has 12 heavy (non-hydrogen) atoms. The molecule has 10 aliphatic rings. The summed E-state index contributed by atoms with van der Waals surface area (Å²) in [7, 11) is 0. The first-order valence-electron chi connectivity index (χ1n) is 5.37. The molecule has 0 aromatic rings. The van der Waals surface area contributed by atoms with E-state index >= 15 is 0 Å². The van der Waals surface area contributed by atoms with E-state index in [9.17, 15) is 0 Å². The fourth-order valence-corrected chi connectivity index (χ4v) is 88.0. The molecule has 0 N–H and O–H groups in total. The molecule has 0 bridgehead atoms. The summed E-state index contributed by atoms with van der Waals surface area (Å²) in [6.07, 6.45) is 0. The van der Waals surface area contributed by atoms with Crippen LogP contribution in [0.2, 0.25) is 48.2 Å². The normalized spacial score (nSPS) is 157. The quantitative estimate of drug-likeness (QED) is 0.532. The van der Waals surface area contributed by atoms with E-state index in [1.807, 2.05) is 0 Å². The van der Waals surface area contributed by atoms with E-state index in [0.29, 0.717) is 0 Å². The Morgan fingerprint density at radius 2 is 0.583 bits per heavy atom. The Morgan fingerprint density at radius 3 is 0.583 bits per heavy atom. The van der Waals surface area contributed by atoms with Gasteiger partial charge in [-0.05, 0) is 0 Å². The molecule has 0 saturated carbocycles. The summed E-state index contributed by atoms with van der Waals surface area (Å²) in [5.74, 6) is 0. The predicted octanol–water partition coefficient (Wildman–Crippen LogP) is 3.53. The van der Waals surface area contributed by atoms with E-state index in [-0.39, 0.29) is 4.70 Å². The molecule has 0 unspecified atom stereocenters. The van der Waals surface area contributed by atoms with Gasteiger partial charge in [0.05, 0.1) is 0 Å². The van der Waals surface area contributed by atoms with Crippen molar-refractivity contribution in [1.82, 2.24) is 0 Å². The molecule has 2 heteroatoms. The number of hydrogen-bond donors (Lipinski definition) is 0. The average Bonchev–Trinajstić information content (AvgIpc) is 3.01. The van der Waals surface area contributed by atoms with Gasteiger partial charge in [0.25, 0.3) is 0 Å². The second-order valence-corrected chi connectivity index (χ2v) is 33.5. The standard InChI is InChI=1S/2C5H5.FH.Fe/c2*1-2-4-5-3-1;;/h2*1-5H;1H;. The van der Waals surface area contributed by atoms with Crippen molar-refractivity contribution >= 4 is 0 Å². The van der Waals surface area contributed by atoms with Crippen LogP contribution < -0.4 is 0 Å². The first-order valence-corrected chi connectivity index (χ1v) is 11.7. The van der Waals surface area contributed by atoms with Crippen molar-refractivity contribution in [2.24, 2.45) is 0 Å². The monoisotopic (exact) mass is 206 g/mol. The fraction of sp³-hybridized carbons (Fsp3) is 1.00. The fourth-order valence-electron chi connectivity index (χ4n) is 15.8. The van der Waals surface area contributed by atoms with Crippen molar-refractivity contribution < 1.29 is 11.2 Å². The second-order valence-electron chi connectivity index (χ2n) is 9.58. The molecule has 0 aliphatic carbocycles. The molecule has 0 amide bonds. The Labute approximate surface area is 59.7 Å². The molecule has 0 nitrogen and oxygen atoms in total. The van der Waals surface area contributed by atoms with Gasteiger partial charge >= 0.3 is 54.7 Å². The average molecular weight is 206 g/mol. The van der Waals surface area contributed by atoms with Gasteiger partial charge in [0.15, 0.2) is 0 Å². The van der Waals surface area contributed by atoms with Crippen LogP contribution in [0.1, 0.15) is 0 Å². The first kappa shape index (κ1) is 3.90. The van der Waals surface area contributed by atoms with Crippen LogP contribution in [-0.2, 0) is 6.51 Å². The van der Waals surface area contributed by atoms with E-state index in [1.54, 1.807) is 48.2 Å². The Balaban J connectivity index is 0.000000400. The van der Waals surface area contributed by atoms with Crippen LogP contribution in [0.3, 0.4) is 0 Å². The van der Waals surface area contributed by atoms with Gasteiger partial charge in [0.2, 0.25) is 0 Å². The van der Waals surface area contributed by atoms with Crippen molar-refractivity contribution in [3.8, 4) is 0 Å². The maximum atomic E-state index is 1.59. The van der Waals surface area contributed by atoms with Crippen molar-refractivity contribution in [3.05, 3.63) is 0 Å². The molecule has 1 spiro atoms. The molecule has 10 heterocycles. The van der Waals surface area contributed by atoms with Crippen LogP contribution in [0.5, 0.6) is 0 Å². The van der Waals surface area contributed by atoms with Crippen LogP contribution >= 0.6 is 0 Å². The van der Waals surface area contributed by atoms with Crippen molar-refractivity contribution in [3.63, 3.8) is 0 Å². The zero-order valence-electron chi connectivity index (χ0n) is 6.54. The van der Waals surface area contributed by atoms with Gasteiger partial charge in [-0.3, -0.25) is 4.70 Å². The van der Waals surface area contributed by atoms with Gasteiger partial charge in [-0.25, -0.2) is 0 Å². The summed E-state index contributed by atoms with van der Waals surface area (Å²) in [4.78, 5) is 15.9. The van der Waals surface area contributed by atoms with Crippen molar-refractivity contribution in [2.45, 2.75) is 48.2 Å². The van der Waals surface area contributed by atoms with E-state index in [2.05, 4.69) is 0 Å². The molecule has 10 aliphatic heterocycles. The SMILES string of the molecule is F.[CH]12[CH]3[CH]4[CH]5[CH]1[Fe]23451678[CH]2[CH]1[CH]6[CH]7[CH]28. The van der Waals surface area contributed by atoms with Gasteiger partial charge in [-0.15, -0.1) is 0 Å². The third-order valence-electron chi connectivity index (χ3n) is 14.5. The second kappa shape index (κ2) is 0.220. The van der Waals surface area contributed by atoms with Crippen LogP contribution in [-0.4, -0.2) is 0 Å². The van der Waals surface area contributed by atoms with Crippen LogP contribution in [0.25, 0.3) is 0 Å². The van der Waals surface area contributed by atoms with Crippen molar-refractivity contribution in [2.75, 3.05) is 0 Å². The summed E-state index contributed by atoms with van der Waals surface area (Å²) in [6, 6.07) is 0. The Morgan fingerprint density at radius 1 is 0.417 bits per heavy atom. The maximum absolute atomic E-state index is 2.28. The van der Waals surface area contributed by atoms with Gasteiger partial charge < -0.3 is 0 Å². The van der Waals surface area contributed by atoms with Gasteiger partial charge in [0.1, 0.15) is 0 Å². The van der Waals surface area contributed by atoms with Gasteiger partial charge in [0, 0.05) is 0 Å². The van der Waals surface area contributed by atoms with E-state index in [4.69, 9.17) is 0 Å². The number of hydrogen-bond acceptors (Lipinski definition) is 0. The third kappa shape index (κ3) is 0.0232. The molecule has 0 aromatic carbocycles. The first-order chi connectivity index (χ1) is 5.16. The molecule has 66 valence electrons. The van der Waals surface area contributed by atoms with E-state index in [1.165, 1.54) is 0 Å².